The molecule has 0 aliphatic heterocycles. The maximum absolute atomic E-state index is 10.5. The predicted molar refractivity (Wildman–Crippen MR) is 54.0 cm³/mol. The summed E-state index contributed by atoms with van der Waals surface area (Å²) in [5.41, 5.74) is 1.29. The minimum absolute atomic E-state index is 0.118. The average Bonchev–Trinajstić information content (AvgIpc) is 2.44. The van der Waals surface area contributed by atoms with Gasteiger partial charge in [0, 0.05) is 13.1 Å². The molecule has 0 radical (unpaired) electrons. The summed E-state index contributed by atoms with van der Waals surface area (Å²) in [6.07, 6.45) is -1.17. The number of phenolic OH excluding ortho intramolecular Hbond substituents is 1. The Kier molecular flexibility index (Phi) is 1.96. The zero-order valence-corrected chi connectivity index (χ0v) is 7.93. The van der Waals surface area contributed by atoms with Crippen LogP contribution in [0, 0.1) is 0 Å². The van der Waals surface area contributed by atoms with Gasteiger partial charge < -0.3 is 14.8 Å². The first-order valence-electron chi connectivity index (χ1n) is 4.23. The van der Waals surface area contributed by atoms with Crippen molar-refractivity contribution in [3.63, 3.8) is 0 Å². The number of carboxylic acid groups (broad SMARTS) is 1. The fourth-order valence-corrected chi connectivity index (χ4v) is 1.39. The Balaban J connectivity index is 2.59. The van der Waals surface area contributed by atoms with Crippen LogP contribution >= 0.6 is 0 Å². The van der Waals surface area contributed by atoms with Gasteiger partial charge in [0.05, 0.1) is 11.0 Å². The lowest BCUT2D eigenvalue weighted by Crippen LogP contribution is -2.11. The van der Waals surface area contributed by atoms with Crippen LogP contribution in [0.4, 0.5) is 10.7 Å². The van der Waals surface area contributed by atoms with Crippen LogP contribution in [-0.2, 0) is 7.05 Å². The van der Waals surface area contributed by atoms with Crippen molar-refractivity contribution in [3.05, 3.63) is 18.2 Å². The second kappa shape index (κ2) is 3.16. The maximum atomic E-state index is 10.5. The van der Waals surface area contributed by atoms with Gasteiger partial charge in [0.25, 0.3) is 0 Å². The van der Waals surface area contributed by atoms with Crippen molar-refractivity contribution in [2.45, 2.75) is 0 Å². The van der Waals surface area contributed by atoms with E-state index in [0.29, 0.717) is 11.0 Å². The van der Waals surface area contributed by atoms with Crippen LogP contribution in [-0.4, -0.2) is 25.9 Å². The van der Waals surface area contributed by atoms with E-state index in [4.69, 9.17) is 5.11 Å². The third kappa shape index (κ3) is 1.56. The van der Waals surface area contributed by atoms with Crippen molar-refractivity contribution >= 4 is 23.1 Å². The number of hydrogen-bond donors (Lipinski definition) is 3. The lowest BCUT2D eigenvalue weighted by Gasteiger charge is -2.00. The molecule has 78 valence electrons. The Hall–Kier alpha value is -2.24. The molecule has 0 saturated carbocycles. The topological polar surface area (TPSA) is 87.4 Å². The molecule has 0 aliphatic carbocycles. The second-order valence-electron chi connectivity index (χ2n) is 3.10. The molecule has 0 aliphatic rings. The molecular weight excluding hydrogens is 198 g/mol. The van der Waals surface area contributed by atoms with Gasteiger partial charge in [0.2, 0.25) is 5.95 Å². The minimum Gasteiger partial charge on any atom is -0.508 e. The standard InChI is InChI=1S/C9H9N3O3/c1-12-7-4-5(13)2-3-6(7)10-8(12)11-9(14)15/h2-4,13H,1H3,(H,10,11)(H,14,15). The molecule has 2 aromatic rings. The smallest absolute Gasteiger partial charge is 0.411 e. The van der Waals surface area contributed by atoms with Gasteiger partial charge in [0.15, 0.2) is 0 Å². The number of imidazole rings is 1. The highest BCUT2D eigenvalue weighted by Crippen LogP contribution is 2.22. The van der Waals surface area contributed by atoms with Crippen LogP contribution < -0.4 is 5.32 Å². The number of anilines is 1. The Morgan fingerprint density at radius 3 is 2.93 bits per heavy atom. The van der Waals surface area contributed by atoms with Crippen LogP contribution in [0.15, 0.2) is 18.2 Å². The van der Waals surface area contributed by atoms with Crippen LogP contribution in [0.3, 0.4) is 0 Å². The monoisotopic (exact) mass is 207 g/mol. The molecule has 0 fully saturated rings. The average molecular weight is 207 g/mol. The van der Waals surface area contributed by atoms with E-state index in [0.717, 1.165) is 0 Å². The van der Waals surface area contributed by atoms with E-state index in [1.165, 1.54) is 12.1 Å². The summed E-state index contributed by atoms with van der Waals surface area (Å²) in [5, 5.41) is 20.0. The molecule has 0 bridgehead atoms. The normalized spacial score (nSPS) is 10.5. The first-order valence-corrected chi connectivity index (χ1v) is 4.23. The van der Waals surface area contributed by atoms with Crippen molar-refractivity contribution < 1.29 is 15.0 Å². The zero-order valence-electron chi connectivity index (χ0n) is 7.93. The molecule has 0 saturated heterocycles. The van der Waals surface area contributed by atoms with Crippen molar-refractivity contribution in [2.24, 2.45) is 7.05 Å². The molecule has 6 heteroatoms. The summed E-state index contributed by atoms with van der Waals surface area (Å²) in [4.78, 5) is 14.5. The highest BCUT2D eigenvalue weighted by atomic mass is 16.4. The van der Waals surface area contributed by atoms with Gasteiger partial charge in [-0.05, 0) is 12.1 Å². The summed E-state index contributed by atoms with van der Waals surface area (Å²) in [7, 11) is 1.67. The van der Waals surface area contributed by atoms with E-state index >= 15 is 0 Å². The number of benzene rings is 1. The Labute approximate surface area is 84.8 Å². The molecule has 2 rings (SSSR count). The number of rotatable bonds is 1. The summed E-state index contributed by atoms with van der Waals surface area (Å²) < 4.78 is 1.56. The summed E-state index contributed by atoms with van der Waals surface area (Å²) in [6, 6.07) is 4.65. The Morgan fingerprint density at radius 1 is 1.53 bits per heavy atom. The van der Waals surface area contributed by atoms with Crippen LogP contribution in [0.1, 0.15) is 0 Å². The summed E-state index contributed by atoms with van der Waals surface area (Å²) in [5.74, 6) is 0.343. The van der Waals surface area contributed by atoms with Gasteiger partial charge in [-0.2, -0.15) is 0 Å². The van der Waals surface area contributed by atoms with E-state index in [9.17, 15) is 9.90 Å². The van der Waals surface area contributed by atoms with E-state index in [2.05, 4.69) is 10.3 Å². The largest absolute Gasteiger partial charge is 0.508 e. The van der Waals surface area contributed by atoms with Crippen LogP contribution in [0.2, 0.25) is 0 Å². The third-order valence-electron chi connectivity index (χ3n) is 2.08. The first-order chi connectivity index (χ1) is 7.08. The van der Waals surface area contributed by atoms with Crippen molar-refractivity contribution in [2.75, 3.05) is 5.32 Å². The van der Waals surface area contributed by atoms with E-state index in [-0.39, 0.29) is 11.7 Å². The molecule has 0 spiro atoms. The number of fused-ring (bicyclic) bond motifs is 1. The third-order valence-corrected chi connectivity index (χ3v) is 2.08. The van der Waals surface area contributed by atoms with Gasteiger partial charge in [0.1, 0.15) is 5.75 Å². The van der Waals surface area contributed by atoms with Crippen molar-refractivity contribution in [1.29, 1.82) is 0 Å². The van der Waals surface area contributed by atoms with Crippen molar-refractivity contribution in [1.82, 2.24) is 9.55 Å². The highest BCUT2D eigenvalue weighted by molar-refractivity contribution is 5.86. The number of hydrogen-bond acceptors (Lipinski definition) is 3. The molecule has 1 amide bonds. The zero-order chi connectivity index (χ0) is 11.0. The number of aromatic hydroxyl groups is 1. The maximum Gasteiger partial charge on any atom is 0.411 e. The molecule has 1 heterocycles. The molecule has 1 aromatic carbocycles. The molecule has 15 heavy (non-hydrogen) atoms. The van der Waals surface area contributed by atoms with Crippen LogP contribution in [0.5, 0.6) is 5.75 Å². The molecule has 6 nitrogen and oxygen atoms in total. The van der Waals surface area contributed by atoms with Gasteiger partial charge in [-0.1, -0.05) is 0 Å². The fraction of sp³-hybridized carbons (Fsp3) is 0.111. The fourth-order valence-electron chi connectivity index (χ4n) is 1.39. The number of nitrogens with one attached hydrogen (secondary N) is 1. The summed E-state index contributed by atoms with van der Waals surface area (Å²) in [6.45, 7) is 0. The Morgan fingerprint density at radius 2 is 2.27 bits per heavy atom. The quantitative estimate of drug-likeness (QED) is 0.659. The number of aromatic nitrogens is 2. The van der Waals surface area contributed by atoms with E-state index in [1.807, 2.05) is 0 Å². The number of amides is 1. The van der Waals surface area contributed by atoms with E-state index in [1.54, 1.807) is 17.7 Å². The molecular formula is C9H9N3O3. The number of aryl methyl sites for hydroxylation is 1. The minimum atomic E-state index is -1.17. The number of phenols is 1. The SMILES string of the molecule is Cn1c(NC(=O)O)nc2ccc(O)cc21. The molecule has 3 N–H and O–H groups in total. The van der Waals surface area contributed by atoms with Gasteiger partial charge >= 0.3 is 6.09 Å². The lowest BCUT2D eigenvalue weighted by atomic mass is 10.3. The summed E-state index contributed by atoms with van der Waals surface area (Å²) >= 11 is 0. The molecule has 0 unspecified atom stereocenters. The van der Waals surface area contributed by atoms with E-state index < -0.39 is 6.09 Å². The first kappa shape index (κ1) is 9.32. The van der Waals surface area contributed by atoms with Gasteiger partial charge in [-0.25, -0.2) is 9.78 Å². The van der Waals surface area contributed by atoms with Crippen LogP contribution in [0.25, 0.3) is 11.0 Å². The van der Waals surface area contributed by atoms with Crippen molar-refractivity contribution in [3.8, 4) is 5.75 Å². The highest BCUT2D eigenvalue weighted by Gasteiger charge is 2.09. The molecule has 0 atom stereocenters. The number of carbonyl (C=O) groups is 1. The number of nitrogens with zero attached hydrogens (tertiary/aromatic N) is 2. The lowest BCUT2D eigenvalue weighted by molar-refractivity contribution is 0.209. The second-order valence-corrected chi connectivity index (χ2v) is 3.10. The van der Waals surface area contributed by atoms with Gasteiger partial charge in [-0.15, -0.1) is 0 Å². The molecule has 1 aromatic heterocycles. The Bertz CT molecular complexity index is 533. The van der Waals surface area contributed by atoms with Gasteiger partial charge in [-0.3, -0.25) is 5.32 Å². The predicted octanol–water partition coefficient (Wildman–Crippen LogP) is 1.37.